The SMILES string of the molecule is CC(C)c1cccc(NC(C)c2ccc(N(C)C)cc2)c1. The van der Waals surface area contributed by atoms with Crippen molar-refractivity contribution in [3.05, 3.63) is 59.7 Å². The fraction of sp³-hybridized carbons (Fsp3) is 0.368. The number of nitrogens with one attached hydrogen (secondary N) is 1. The fourth-order valence-corrected chi connectivity index (χ4v) is 2.38. The zero-order valence-electron chi connectivity index (χ0n) is 13.7. The quantitative estimate of drug-likeness (QED) is 0.825. The summed E-state index contributed by atoms with van der Waals surface area (Å²) >= 11 is 0. The molecule has 0 aliphatic heterocycles. The van der Waals surface area contributed by atoms with Crippen LogP contribution in [0.1, 0.15) is 43.9 Å². The Morgan fingerprint density at radius 2 is 1.52 bits per heavy atom. The maximum Gasteiger partial charge on any atom is 0.0485 e. The number of rotatable bonds is 5. The fourth-order valence-electron chi connectivity index (χ4n) is 2.38. The molecule has 2 heteroatoms. The summed E-state index contributed by atoms with van der Waals surface area (Å²) in [5.74, 6) is 0.557. The van der Waals surface area contributed by atoms with E-state index in [0.29, 0.717) is 12.0 Å². The lowest BCUT2D eigenvalue weighted by atomic mass is 10.0. The molecule has 2 aromatic carbocycles. The van der Waals surface area contributed by atoms with Gasteiger partial charge in [-0.3, -0.25) is 0 Å². The second kappa shape index (κ2) is 6.66. The summed E-state index contributed by atoms with van der Waals surface area (Å²) in [5, 5.41) is 3.59. The highest BCUT2D eigenvalue weighted by atomic mass is 15.1. The van der Waals surface area contributed by atoms with Gasteiger partial charge in [0.05, 0.1) is 0 Å². The second-order valence-electron chi connectivity index (χ2n) is 6.13. The van der Waals surface area contributed by atoms with E-state index in [-0.39, 0.29) is 0 Å². The Labute approximate surface area is 128 Å². The Kier molecular flexibility index (Phi) is 4.89. The van der Waals surface area contributed by atoms with Gasteiger partial charge in [-0.15, -0.1) is 0 Å². The van der Waals surface area contributed by atoms with Gasteiger partial charge in [-0.1, -0.05) is 38.1 Å². The molecule has 0 amide bonds. The molecule has 0 aromatic heterocycles. The molecule has 0 heterocycles. The topological polar surface area (TPSA) is 15.3 Å². The van der Waals surface area contributed by atoms with Gasteiger partial charge in [0.2, 0.25) is 0 Å². The van der Waals surface area contributed by atoms with Crippen molar-refractivity contribution in [2.45, 2.75) is 32.7 Å². The first kappa shape index (κ1) is 15.4. The van der Waals surface area contributed by atoms with Gasteiger partial charge in [-0.05, 0) is 48.2 Å². The van der Waals surface area contributed by atoms with E-state index in [9.17, 15) is 0 Å². The summed E-state index contributed by atoms with van der Waals surface area (Å²) < 4.78 is 0. The Morgan fingerprint density at radius 1 is 0.857 bits per heavy atom. The van der Waals surface area contributed by atoms with E-state index >= 15 is 0 Å². The van der Waals surface area contributed by atoms with Crippen LogP contribution in [0.2, 0.25) is 0 Å². The van der Waals surface area contributed by atoms with Gasteiger partial charge < -0.3 is 10.2 Å². The molecule has 0 spiro atoms. The Balaban J connectivity index is 2.10. The summed E-state index contributed by atoms with van der Waals surface area (Å²) in [6.07, 6.45) is 0. The molecule has 1 unspecified atom stereocenters. The smallest absolute Gasteiger partial charge is 0.0485 e. The van der Waals surface area contributed by atoms with Gasteiger partial charge in [0.25, 0.3) is 0 Å². The molecule has 1 atom stereocenters. The highest BCUT2D eigenvalue weighted by molar-refractivity contribution is 5.50. The monoisotopic (exact) mass is 282 g/mol. The summed E-state index contributed by atoms with van der Waals surface area (Å²) in [6.45, 7) is 6.65. The molecule has 2 rings (SSSR count). The van der Waals surface area contributed by atoms with E-state index < -0.39 is 0 Å². The van der Waals surface area contributed by atoms with Crippen LogP contribution in [0.4, 0.5) is 11.4 Å². The molecule has 2 aromatic rings. The molecule has 0 saturated heterocycles. The molecule has 0 bridgehead atoms. The van der Waals surface area contributed by atoms with Crippen molar-refractivity contribution in [1.29, 1.82) is 0 Å². The van der Waals surface area contributed by atoms with Crippen molar-refractivity contribution < 1.29 is 0 Å². The van der Waals surface area contributed by atoms with Crippen LogP contribution in [0.3, 0.4) is 0 Å². The highest BCUT2D eigenvalue weighted by Gasteiger charge is 2.07. The molecule has 0 radical (unpaired) electrons. The molecule has 112 valence electrons. The van der Waals surface area contributed by atoms with Gasteiger partial charge >= 0.3 is 0 Å². The van der Waals surface area contributed by atoms with Crippen LogP contribution in [0.15, 0.2) is 48.5 Å². The van der Waals surface area contributed by atoms with Crippen LogP contribution in [-0.2, 0) is 0 Å². The van der Waals surface area contributed by atoms with Gasteiger partial charge in [0.1, 0.15) is 0 Å². The number of hydrogen-bond acceptors (Lipinski definition) is 2. The lowest BCUT2D eigenvalue weighted by Crippen LogP contribution is -2.10. The zero-order chi connectivity index (χ0) is 15.4. The summed E-state index contributed by atoms with van der Waals surface area (Å²) in [5.41, 5.74) is 5.09. The molecule has 0 fully saturated rings. The van der Waals surface area contributed by atoms with E-state index in [1.165, 1.54) is 22.5 Å². The van der Waals surface area contributed by atoms with Crippen molar-refractivity contribution in [2.24, 2.45) is 0 Å². The summed E-state index contributed by atoms with van der Waals surface area (Å²) in [7, 11) is 4.13. The first-order valence-corrected chi connectivity index (χ1v) is 7.61. The third kappa shape index (κ3) is 4.01. The number of hydrogen-bond donors (Lipinski definition) is 1. The largest absolute Gasteiger partial charge is 0.379 e. The molecule has 1 N–H and O–H groups in total. The minimum Gasteiger partial charge on any atom is -0.379 e. The molecule has 2 nitrogen and oxygen atoms in total. The Morgan fingerprint density at radius 3 is 2.10 bits per heavy atom. The van der Waals surface area contributed by atoms with Gasteiger partial charge in [0, 0.05) is 31.5 Å². The molecular formula is C19H26N2. The van der Waals surface area contributed by atoms with Gasteiger partial charge in [0.15, 0.2) is 0 Å². The van der Waals surface area contributed by atoms with E-state index in [0.717, 1.165) is 0 Å². The number of benzene rings is 2. The lowest BCUT2D eigenvalue weighted by molar-refractivity contribution is 0.858. The predicted octanol–water partition coefficient (Wildman–Crippen LogP) is 5.05. The maximum absolute atomic E-state index is 3.59. The Hall–Kier alpha value is -1.96. The van der Waals surface area contributed by atoms with Crippen LogP contribution in [0.5, 0.6) is 0 Å². The summed E-state index contributed by atoms with van der Waals surface area (Å²) in [4.78, 5) is 2.12. The van der Waals surface area contributed by atoms with Crippen LogP contribution < -0.4 is 10.2 Å². The maximum atomic E-state index is 3.59. The molecule has 0 aliphatic rings. The average molecular weight is 282 g/mol. The van der Waals surface area contributed by atoms with E-state index in [1.807, 2.05) is 0 Å². The normalized spacial score (nSPS) is 12.3. The predicted molar refractivity (Wildman–Crippen MR) is 93.3 cm³/mol. The minimum absolute atomic E-state index is 0.295. The van der Waals surface area contributed by atoms with E-state index in [1.54, 1.807) is 0 Å². The van der Waals surface area contributed by atoms with Crippen LogP contribution in [0.25, 0.3) is 0 Å². The molecule has 0 saturated carbocycles. The summed E-state index contributed by atoms with van der Waals surface area (Å²) in [6, 6.07) is 17.7. The second-order valence-corrected chi connectivity index (χ2v) is 6.13. The van der Waals surface area contributed by atoms with Crippen molar-refractivity contribution in [3.63, 3.8) is 0 Å². The Bertz CT molecular complexity index is 570. The third-order valence-corrected chi connectivity index (χ3v) is 3.85. The van der Waals surface area contributed by atoms with Crippen molar-refractivity contribution >= 4 is 11.4 Å². The molecule has 21 heavy (non-hydrogen) atoms. The van der Waals surface area contributed by atoms with Gasteiger partial charge in [-0.2, -0.15) is 0 Å². The van der Waals surface area contributed by atoms with E-state index in [2.05, 4.69) is 93.6 Å². The lowest BCUT2D eigenvalue weighted by Gasteiger charge is -2.19. The number of nitrogens with zero attached hydrogens (tertiary/aromatic N) is 1. The highest BCUT2D eigenvalue weighted by Crippen LogP contribution is 2.24. The van der Waals surface area contributed by atoms with Crippen molar-refractivity contribution in [1.82, 2.24) is 0 Å². The minimum atomic E-state index is 0.295. The van der Waals surface area contributed by atoms with Crippen molar-refractivity contribution in [2.75, 3.05) is 24.3 Å². The van der Waals surface area contributed by atoms with E-state index in [4.69, 9.17) is 0 Å². The molecular weight excluding hydrogens is 256 g/mol. The average Bonchev–Trinajstić information content (AvgIpc) is 2.47. The first-order chi connectivity index (χ1) is 9.97. The molecule has 0 aliphatic carbocycles. The van der Waals surface area contributed by atoms with Crippen molar-refractivity contribution in [3.8, 4) is 0 Å². The van der Waals surface area contributed by atoms with Crippen LogP contribution >= 0.6 is 0 Å². The van der Waals surface area contributed by atoms with Crippen LogP contribution in [-0.4, -0.2) is 14.1 Å². The van der Waals surface area contributed by atoms with Gasteiger partial charge in [-0.25, -0.2) is 0 Å². The zero-order valence-corrected chi connectivity index (χ0v) is 13.7. The third-order valence-electron chi connectivity index (χ3n) is 3.85. The number of anilines is 2. The van der Waals surface area contributed by atoms with Crippen LogP contribution in [0, 0.1) is 0 Å². The standard InChI is InChI=1S/C19H26N2/c1-14(2)17-7-6-8-18(13-17)20-15(3)16-9-11-19(12-10-16)21(4)5/h6-15,20H,1-5H3. The first-order valence-electron chi connectivity index (χ1n) is 7.61.